The fourth-order valence-corrected chi connectivity index (χ4v) is 10.9. The van der Waals surface area contributed by atoms with Crippen molar-refractivity contribution in [3.8, 4) is 0 Å². The molecule has 2 unspecified atom stereocenters. The lowest BCUT2D eigenvalue weighted by molar-refractivity contribution is -0.161. The summed E-state index contributed by atoms with van der Waals surface area (Å²) < 4.78 is 67.7. The van der Waals surface area contributed by atoms with Gasteiger partial charge in [0.15, 0.2) is 12.2 Å². The molecule has 0 aromatic carbocycles. The first-order valence-corrected chi connectivity index (χ1v) is 36.0. The lowest BCUT2D eigenvalue weighted by Gasteiger charge is -2.21. The predicted octanol–water partition coefficient (Wildman–Crippen LogP) is 17.3. The van der Waals surface area contributed by atoms with Crippen molar-refractivity contribution in [3.05, 3.63) is 0 Å². The van der Waals surface area contributed by atoms with Gasteiger partial charge in [0.05, 0.1) is 26.4 Å². The van der Waals surface area contributed by atoms with Crippen LogP contribution in [0.5, 0.6) is 0 Å². The molecule has 0 saturated heterocycles. The van der Waals surface area contributed by atoms with Crippen LogP contribution < -0.4 is 0 Å². The summed E-state index contributed by atoms with van der Waals surface area (Å²) in [5.41, 5.74) is 0. The van der Waals surface area contributed by atoms with E-state index in [9.17, 15) is 43.2 Å². The zero-order valence-electron chi connectivity index (χ0n) is 52.8. The summed E-state index contributed by atoms with van der Waals surface area (Å²) in [6.07, 6.45) is 37.9. The molecule has 0 aliphatic rings. The largest absolute Gasteiger partial charge is 0.472 e. The Bertz CT molecular complexity index is 1620. The number of aliphatic hydroxyl groups is 1. The number of ether oxygens (including phenoxy) is 4. The Labute approximate surface area is 498 Å². The molecule has 0 aliphatic carbocycles. The highest BCUT2D eigenvalue weighted by molar-refractivity contribution is 7.47. The van der Waals surface area contributed by atoms with Crippen LogP contribution in [0.2, 0.25) is 0 Å². The first-order chi connectivity index (χ1) is 39.4. The molecule has 19 heteroatoms. The van der Waals surface area contributed by atoms with E-state index >= 15 is 0 Å². The molecule has 0 bridgehead atoms. The SMILES string of the molecule is CCCCCCCCCC(=O)OC[C@H](COP(=O)(O)OC[C@H](O)COP(=O)(O)OC[C@@H](COC(=O)CCCCCCCCCCC(C)C)OC(=O)CCCCCCCCCCCCCCCCC(C)C)OC(=O)CCCCCCCCC. The van der Waals surface area contributed by atoms with Crippen LogP contribution in [-0.4, -0.2) is 96.7 Å². The molecule has 17 nitrogen and oxygen atoms in total. The van der Waals surface area contributed by atoms with Crippen molar-refractivity contribution in [2.24, 2.45) is 11.8 Å². The second-order valence-electron chi connectivity index (χ2n) is 23.7. The molecule has 0 amide bonds. The summed E-state index contributed by atoms with van der Waals surface area (Å²) in [4.78, 5) is 71.9. The summed E-state index contributed by atoms with van der Waals surface area (Å²) in [6, 6.07) is 0. The number of phosphoric acid groups is 2. The van der Waals surface area contributed by atoms with Gasteiger partial charge < -0.3 is 33.8 Å². The fraction of sp³-hybridized carbons (Fsp3) is 0.937. The van der Waals surface area contributed by atoms with Gasteiger partial charge in [0.25, 0.3) is 0 Å². The first-order valence-electron chi connectivity index (χ1n) is 33.0. The topological polar surface area (TPSA) is 237 Å². The van der Waals surface area contributed by atoms with Gasteiger partial charge >= 0.3 is 39.5 Å². The van der Waals surface area contributed by atoms with E-state index in [1.54, 1.807) is 0 Å². The molecule has 0 spiro atoms. The quantitative estimate of drug-likeness (QED) is 0.0222. The van der Waals surface area contributed by atoms with Crippen molar-refractivity contribution < 1.29 is 80.2 Å². The summed E-state index contributed by atoms with van der Waals surface area (Å²) in [5.74, 6) is -0.623. The maximum absolute atomic E-state index is 13.0. The normalized spacial score (nSPS) is 14.3. The van der Waals surface area contributed by atoms with E-state index in [1.165, 1.54) is 103 Å². The van der Waals surface area contributed by atoms with E-state index in [1.807, 2.05) is 0 Å². The van der Waals surface area contributed by atoms with Crippen molar-refractivity contribution in [1.29, 1.82) is 0 Å². The summed E-state index contributed by atoms with van der Waals surface area (Å²) in [7, 11) is -9.87. The number of unbranched alkanes of at least 4 members (excludes halogenated alkanes) is 32. The maximum Gasteiger partial charge on any atom is 0.472 e. The van der Waals surface area contributed by atoms with Gasteiger partial charge in [-0.1, -0.05) is 260 Å². The minimum Gasteiger partial charge on any atom is -0.462 e. The third-order valence-electron chi connectivity index (χ3n) is 14.5. The number of hydrogen-bond donors (Lipinski definition) is 3. The summed E-state index contributed by atoms with van der Waals surface area (Å²) >= 11 is 0. The molecule has 0 aromatic heterocycles. The highest BCUT2D eigenvalue weighted by Gasteiger charge is 2.30. The molecule has 0 radical (unpaired) electrons. The predicted molar refractivity (Wildman–Crippen MR) is 326 cm³/mol. The fourth-order valence-electron chi connectivity index (χ4n) is 9.35. The second kappa shape index (κ2) is 55.6. The number of aliphatic hydroxyl groups excluding tert-OH is 1. The van der Waals surface area contributed by atoms with Gasteiger partial charge in [-0.3, -0.25) is 37.3 Å². The van der Waals surface area contributed by atoms with Gasteiger partial charge in [0.1, 0.15) is 19.3 Å². The average Bonchev–Trinajstić information content (AvgIpc) is 3.43. The van der Waals surface area contributed by atoms with Gasteiger partial charge in [0, 0.05) is 25.7 Å². The Morgan fingerprint density at radius 1 is 0.329 bits per heavy atom. The number of carbonyl (C=O) groups excluding carboxylic acids is 4. The Kier molecular flexibility index (Phi) is 54.3. The van der Waals surface area contributed by atoms with Gasteiger partial charge in [-0.15, -0.1) is 0 Å². The van der Waals surface area contributed by atoms with Crippen LogP contribution in [0.1, 0.15) is 311 Å². The molecular weight excluding hydrogens is 1090 g/mol. The van der Waals surface area contributed by atoms with Gasteiger partial charge in [-0.05, 0) is 37.5 Å². The van der Waals surface area contributed by atoms with Gasteiger partial charge in [-0.2, -0.15) is 0 Å². The zero-order chi connectivity index (χ0) is 60.8. The van der Waals surface area contributed by atoms with E-state index < -0.39 is 97.5 Å². The third kappa shape index (κ3) is 57.2. The standard InChI is InChI=1S/C63H122O17P2/c1-7-9-11-13-25-33-39-45-60(65)73-51-58(79-62(67)47-41-35-26-14-12-10-8-2)53-77-81(69,70)75-49-57(64)50-76-82(71,72)78-54-59(52-74-61(66)46-40-34-29-24-23-28-32-38-44-56(5)6)80-63(68)48-42-36-30-22-20-18-16-15-17-19-21-27-31-37-43-55(3)4/h55-59,64H,7-54H2,1-6H3,(H,69,70)(H,71,72)/t57-,58+,59+/m0/s1. The van der Waals surface area contributed by atoms with Crippen molar-refractivity contribution in [2.75, 3.05) is 39.6 Å². The average molecular weight is 1210 g/mol. The molecule has 0 aliphatic heterocycles. The number of carbonyl (C=O) groups is 4. The van der Waals surface area contributed by atoms with Crippen molar-refractivity contribution in [1.82, 2.24) is 0 Å². The second-order valence-corrected chi connectivity index (χ2v) is 26.7. The third-order valence-corrected chi connectivity index (χ3v) is 16.4. The van der Waals surface area contributed by atoms with Crippen molar-refractivity contribution in [3.63, 3.8) is 0 Å². The lowest BCUT2D eigenvalue weighted by atomic mass is 10.0. The van der Waals surface area contributed by atoms with Crippen LogP contribution in [0.4, 0.5) is 0 Å². The minimum absolute atomic E-state index is 0.103. The Balaban J connectivity index is 5.16. The van der Waals surface area contributed by atoms with E-state index in [0.717, 1.165) is 127 Å². The number of rotatable bonds is 62. The molecular formula is C63H122O17P2. The molecule has 486 valence electrons. The zero-order valence-corrected chi connectivity index (χ0v) is 54.6. The van der Waals surface area contributed by atoms with Crippen LogP contribution in [-0.2, 0) is 65.4 Å². The Hall–Kier alpha value is -1.94. The minimum atomic E-state index is -4.94. The Morgan fingerprint density at radius 3 is 0.829 bits per heavy atom. The van der Waals surface area contributed by atoms with E-state index in [2.05, 4.69) is 41.5 Å². The maximum atomic E-state index is 13.0. The summed E-state index contributed by atoms with van der Waals surface area (Å²) in [6.45, 7) is 9.39. The molecule has 0 heterocycles. The summed E-state index contributed by atoms with van der Waals surface area (Å²) in [5, 5.41) is 10.5. The number of phosphoric ester groups is 2. The molecule has 0 rings (SSSR count). The van der Waals surface area contributed by atoms with Gasteiger partial charge in [0.2, 0.25) is 0 Å². The highest BCUT2D eigenvalue weighted by Crippen LogP contribution is 2.45. The van der Waals surface area contributed by atoms with Crippen molar-refractivity contribution in [2.45, 2.75) is 330 Å². The van der Waals surface area contributed by atoms with E-state index in [4.69, 9.17) is 37.0 Å². The van der Waals surface area contributed by atoms with Crippen LogP contribution in [0, 0.1) is 11.8 Å². The number of hydrogen-bond acceptors (Lipinski definition) is 15. The van der Waals surface area contributed by atoms with E-state index in [0.29, 0.717) is 25.7 Å². The van der Waals surface area contributed by atoms with Crippen LogP contribution >= 0.6 is 15.6 Å². The first kappa shape index (κ1) is 80.1. The number of esters is 4. The molecule has 0 saturated carbocycles. The van der Waals surface area contributed by atoms with Crippen LogP contribution in [0.15, 0.2) is 0 Å². The highest BCUT2D eigenvalue weighted by atomic mass is 31.2. The Morgan fingerprint density at radius 2 is 0.561 bits per heavy atom. The molecule has 5 atom stereocenters. The lowest BCUT2D eigenvalue weighted by Crippen LogP contribution is -2.30. The van der Waals surface area contributed by atoms with E-state index in [-0.39, 0.29) is 25.7 Å². The molecule has 3 N–H and O–H groups in total. The smallest absolute Gasteiger partial charge is 0.462 e. The van der Waals surface area contributed by atoms with Crippen LogP contribution in [0.25, 0.3) is 0 Å². The molecule has 0 aromatic rings. The van der Waals surface area contributed by atoms with Crippen LogP contribution in [0.3, 0.4) is 0 Å². The van der Waals surface area contributed by atoms with Gasteiger partial charge in [-0.25, -0.2) is 9.13 Å². The molecule has 82 heavy (non-hydrogen) atoms. The molecule has 0 fully saturated rings. The monoisotopic (exact) mass is 1210 g/mol. The van der Waals surface area contributed by atoms with Crippen molar-refractivity contribution >= 4 is 39.5 Å².